The SMILES string of the molecule is c1ccc(-c2ccc3c(c2)Oc2cc(-c4ccccc4)ccc2C32c3ccccc3-c3ccc(N(c4ccccc4)c4cccc5ccccc45)cc32)cc1. The lowest BCUT2D eigenvalue weighted by atomic mass is 9.65. The molecule has 0 atom stereocenters. The highest BCUT2D eigenvalue weighted by molar-refractivity contribution is 6.00. The molecule has 0 amide bonds. The molecule has 0 unspecified atom stereocenters. The van der Waals surface area contributed by atoms with Crippen LogP contribution in [0.4, 0.5) is 17.1 Å². The highest BCUT2D eigenvalue weighted by atomic mass is 16.5. The van der Waals surface area contributed by atoms with Gasteiger partial charge in [-0.05, 0) is 92.4 Å². The van der Waals surface area contributed by atoms with E-state index >= 15 is 0 Å². The predicted molar refractivity (Wildman–Crippen MR) is 227 cm³/mol. The molecule has 55 heavy (non-hydrogen) atoms. The minimum atomic E-state index is -0.629. The second kappa shape index (κ2) is 12.5. The summed E-state index contributed by atoms with van der Waals surface area (Å²) in [7, 11) is 0. The van der Waals surface area contributed by atoms with Gasteiger partial charge >= 0.3 is 0 Å². The number of hydrogen-bond acceptors (Lipinski definition) is 2. The van der Waals surface area contributed by atoms with Crippen molar-refractivity contribution in [3.05, 3.63) is 235 Å². The van der Waals surface area contributed by atoms with Crippen LogP contribution in [0, 0.1) is 0 Å². The van der Waals surface area contributed by atoms with E-state index in [4.69, 9.17) is 4.74 Å². The molecule has 0 N–H and O–H groups in total. The first-order chi connectivity index (χ1) is 27.3. The van der Waals surface area contributed by atoms with E-state index < -0.39 is 5.41 Å². The number of benzene rings is 9. The molecule has 258 valence electrons. The number of anilines is 3. The van der Waals surface area contributed by atoms with Crippen LogP contribution in [0.25, 0.3) is 44.2 Å². The average molecular weight is 702 g/mol. The van der Waals surface area contributed by atoms with Crippen LogP contribution in [0.15, 0.2) is 212 Å². The molecule has 0 fully saturated rings. The van der Waals surface area contributed by atoms with Crippen LogP contribution in [-0.4, -0.2) is 0 Å². The number of rotatable bonds is 5. The van der Waals surface area contributed by atoms with Crippen LogP contribution in [-0.2, 0) is 5.41 Å². The van der Waals surface area contributed by atoms with Gasteiger partial charge in [-0.1, -0.05) is 170 Å². The molecule has 9 aromatic rings. The Morgan fingerprint density at radius 3 is 1.60 bits per heavy atom. The van der Waals surface area contributed by atoms with Crippen molar-refractivity contribution in [1.29, 1.82) is 0 Å². The smallest absolute Gasteiger partial charge is 0.132 e. The molecule has 2 nitrogen and oxygen atoms in total. The molecule has 2 heteroatoms. The molecule has 0 saturated carbocycles. The zero-order valence-corrected chi connectivity index (χ0v) is 30.1. The first kappa shape index (κ1) is 31.4. The van der Waals surface area contributed by atoms with Crippen molar-refractivity contribution in [1.82, 2.24) is 0 Å². The summed E-state index contributed by atoms with van der Waals surface area (Å²) in [5.41, 5.74) is 14.6. The van der Waals surface area contributed by atoms with Crippen molar-refractivity contribution >= 4 is 27.8 Å². The van der Waals surface area contributed by atoms with Gasteiger partial charge in [-0.25, -0.2) is 0 Å². The number of ether oxygens (including phenoxy) is 1. The van der Waals surface area contributed by atoms with Crippen LogP contribution in [0.2, 0.25) is 0 Å². The lowest BCUT2D eigenvalue weighted by molar-refractivity contribution is 0.437. The first-order valence-corrected chi connectivity index (χ1v) is 18.9. The zero-order valence-electron chi connectivity index (χ0n) is 30.1. The molecule has 0 bridgehead atoms. The fourth-order valence-corrected chi connectivity index (χ4v) is 9.11. The molecule has 1 heterocycles. The van der Waals surface area contributed by atoms with Gasteiger partial charge < -0.3 is 9.64 Å². The van der Waals surface area contributed by atoms with Crippen molar-refractivity contribution < 1.29 is 4.74 Å². The highest BCUT2D eigenvalue weighted by Crippen LogP contribution is 2.63. The van der Waals surface area contributed by atoms with Gasteiger partial charge in [0.05, 0.1) is 11.1 Å². The third kappa shape index (κ3) is 4.82. The molecule has 1 spiro atoms. The van der Waals surface area contributed by atoms with Crippen LogP contribution < -0.4 is 9.64 Å². The Morgan fingerprint density at radius 1 is 0.345 bits per heavy atom. The van der Waals surface area contributed by atoms with E-state index in [-0.39, 0.29) is 0 Å². The standard InChI is InChI=1S/C53H35NO/c1-4-15-36(16-5-1)39-27-31-47-51(33-39)55-52-34-40(37-17-6-2-7-18-37)28-32-48(52)53(47)46-25-13-12-24-44(46)45-30-29-42(35-49(45)53)54(41-21-8-3-9-22-41)50-26-14-20-38-19-10-11-23-43(38)50/h1-35H. The summed E-state index contributed by atoms with van der Waals surface area (Å²) in [6.07, 6.45) is 0. The van der Waals surface area contributed by atoms with Crippen LogP contribution in [0.1, 0.15) is 22.3 Å². The summed E-state index contributed by atoms with van der Waals surface area (Å²) < 4.78 is 7.07. The number of nitrogens with zero attached hydrogens (tertiary/aromatic N) is 1. The van der Waals surface area contributed by atoms with Crippen LogP contribution in [0.5, 0.6) is 11.5 Å². The maximum atomic E-state index is 7.07. The summed E-state index contributed by atoms with van der Waals surface area (Å²) in [6, 6.07) is 76.8. The second-order valence-corrected chi connectivity index (χ2v) is 14.5. The van der Waals surface area contributed by atoms with Gasteiger partial charge in [0.2, 0.25) is 0 Å². The fraction of sp³-hybridized carbons (Fsp3) is 0.0189. The van der Waals surface area contributed by atoms with E-state index in [0.29, 0.717) is 0 Å². The fourth-order valence-electron chi connectivity index (χ4n) is 9.11. The molecule has 2 aliphatic rings. The molecule has 0 aromatic heterocycles. The Labute approximate surface area is 321 Å². The molecule has 1 aliphatic carbocycles. The van der Waals surface area contributed by atoms with Gasteiger partial charge in [0.15, 0.2) is 0 Å². The van der Waals surface area contributed by atoms with Gasteiger partial charge in [0.25, 0.3) is 0 Å². The maximum Gasteiger partial charge on any atom is 0.132 e. The topological polar surface area (TPSA) is 12.5 Å². The summed E-state index contributed by atoms with van der Waals surface area (Å²) in [4.78, 5) is 2.41. The van der Waals surface area contributed by atoms with Gasteiger partial charge in [-0.3, -0.25) is 0 Å². The third-order valence-electron chi connectivity index (χ3n) is 11.5. The summed E-state index contributed by atoms with van der Waals surface area (Å²) in [6.45, 7) is 0. The average Bonchev–Trinajstić information content (AvgIpc) is 3.54. The third-order valence-corrected chi connectivity index (χ3v) is 11.5. The van der Waals surface area contributed by atoms with E-state index in [9.17, 15) is 0 Å². The lowest BCUT2D eigenvalue weighted by Crippen LogP contribution is -2.32. The Kier molecular flexibility index (Phi) is 7.11. The van der Waals surface area contributed by atoms with Gasteiger partial charge in [0.1, 0.15) is 11.5 Å². The normalized spacial score (nSPS) is 13.0. The summed E-state index contributed by atoms with van der Waals surface area (Å²) >= 11 is 0. The minimum Gasteiger partial charge on any atom is -0.457 e. The van der Waals surface area contributed by atoms with Crippen molar-refractivity contribution in [2.75, 3.05) is 4.90 Å². The van der Waals surface area contributed by atoms with E-state index in [2.05, 4.69) is 217 Å². The van der Waals surface area contributed by atoms with E-state index in [1.807, 2.05) is 0 Å². The second-order valence-electron chi connectivity index (χ2n) is 14.5. The molecule has 1 aliphatic heterocycles. The van der Waals surface area contributed by atoms with Crippen molar-refractivity contribution in [3.8, 4) is 44.9 Å². The molecule has 9 aromatic carbocycles. The molecule has 11 rings (SSSR count). The Balaban J connectivity index is 1.21. The highest BCUT2D eigenvalue weighted by Gasteiger charge is 2.51. The van der Waals surface area contributed by atoms with Gasteiger partial charge in [-0.2, -0.15) is 0 Å². The Bertz CT molecular complexity index is 2800. The van der Waals surface area contributed by atoms with Crippen LogP contribution >= 0.6 is 0 Å². The van der Waals surface area contributed by atoms with Crippen molar-refractivity contribution in [3.63, 3.8) is 0 Å². The number of para-hydroxylation sites is 1. The van der Waals surface area contributed by atoms with E-state index in [1.165, 1.54) is 33.0 Å². The molecular weight excluding hydrogens is 667 g/mol. The van der Waals surface area contributed by atoms with E-state index in [0.717, 1.165) is 61.9 Å². The predicted octanol–water partition coefficient (Wildman–Crippen LogP) is 14.1. The molecular formula is C53H35NO. The van der Waals surface area contributed by atoms with Gasteiger partial charge in [0, 0.05) is 27.9 Å². The summed E-state index contributed by atoms with van der Waals surface area (Å²) in [5.74, 6) is 1.75. The van der Waals surface area contributed by atoms with Crippen molar-refractivity contribution in [2.24, 2.45) is 0 Å². The quantitative estimate of drug-likeness (QED) is 0.177. The monoisotopic (exact) mass is 701 g/mol. The van der Waals surface area contributed by atoms with Crippen LogP contribution in [0.3, 0.4) is 0 Å². The first-order valence-electron chi connectivity index (χ1n) is 18.9. The van der Waals surface area contributed by atoms with Gasteiger partial charge in [-0.15, -0.1) is 0 Å². The Hall–Kier alpha value is -7.16. The van der Waals surface area contributed by atoms with Crippen molar-refractivity contribution in [2.45, 2.75) is 5.41 Å². The summed E-state index contributed by atoms with van der Waals surface area (Å²) in [5, 5.41) is 2.41. The lowest BCUT2D eigenvalue weighted by Gasteiger charge is -2.40. The zero-order chi connectivity index (χ0) is 36.3. The molecule has 0 radical (unpaired) electrons. The largest absolute Gasteiger partial charge is 0.457 e. The number of hydrogen-bond donors (Lipinski definition) is 0. The van der Waals surface area contributed by atoms with E-state index in [1.54, 1.807) is 0 Å². The molecule has 0 saturated heterocycles. The maximum absolute atomic E-state index is 7.07. The Morgan fingerprint density at radius 2 is 0.909 bits per heavy atom. The minimum absolute atomic E-state index is 0.629. The number of fused-ring (bicyclic) bond motifs is 10.